The molecule has 1 saturated carbocycles. The summed E-state index contributed by atoms with van der Waals surface area (Å²) in [6, 6.07) is 1.56. The van der Waals surface area contributed by atoms with E-state index in [2.05, 4.69) is 22.2 Å². The lowest BCUT2D eigenvalue weighted by molar-refractivity contribution is -0.0600. The van der Waals surface area contributed by atoms with Gasteiger partial charge in [-0.2, -0.15) is 0 Å². The van der Waals surface area contributed by atoms with Gasteiger partial charge in [0.05, 0.1) is 5.69 Å². The number of ether oxygens (including phenoxy) is 1. The van der Waals surface area contributed by atoms with E-state index in [1.807, 2.05) is 6.92 Å². The molecule has 20 heavy (non-hydrogen) atoms. The smallest absolute Gasteiger partial charge is 0.251 e. The van der Waals surface area contributed by atoms with E-state index >= 15 is 0 Å². The molecule has 0 saturated heterocycles. The number of rotatable bonds is 5. The van der Waals surface area contributed by atoms with Crippen LogP contribution in [-0.4, -0.2) is 23.6 Å². The fourth-order valence-electron chi connectivity index (χ4n) is 2.83. The first-order valence-corrected chi connectivity index (χ1v) is 7.46. The van der Waals surface area contributed by atoms with Crippen LogP contribution < -0.4 is 10.9 Å². The van der Waals surface area contributed by atoms with Gasteiger partial charge >= 0.3 is 0 Å². The van der Waals surface area contributed by atoms with E-state index < -0.39 is 5.60 Å². The number of methoxy groups -OCH3 is 1. The molecular weight excluding hydrogens is 254 g/mol. The van der Waals surface area contributed by atoms with Gasteiger partial charge in [0.25, 0.3) is 5.56 Å². The summed E-state index contributed by atoms with van der Waals surface area (Å²) >= 11 is 0. The van der Waals surface area contributed by atoms with Crippen molar-refractivity contribution in [2.45, 2.75) is 51.7 Å². The molecule has 0 aromatic carbocycles. The number of hydrogen-bond acceptors (Lipinski definition) is 4. The number of hydrogen-bond donors (Lipinski definition) is 2. The van der Waals surface area contributed by atoms with E-state index in [0.29, 0.717) is 12.4 Å². The van der Waals surface area contributed by atoms with Crippen molar-refractivity contribution in [2.75, 3.05) is 13.7 Å². The SMILES string of the molecule is CCNCc1cc(=O)[nH]c(C2(OC)CCC(C)CC2)n1. The highest BCUT2D eigenvalue weighted by Gasteiger charge is 2.38. The second kappa shape index (κ2) is 6.50. The topological polar surface area (TPSA) is 67.0 Å². The minimum Gasteiger partial charge on any atom is -0.370 e. The Labute approximate surface area is 120 Å². The third kappa shape index (κ3) is 3.27. The monoisotopic (exact) mass is 279 g/mol. The van der Waals surface area contributed by atoms with E-state index in [-0.39, 0.29) is 5.56 Å². The van der Waals surface area contributed by atoms with E-state index in [0.717, 1.165) is 43.8 Å². The summed E-state index contributed by atoms with van der Waals surface area (Å²) in [7, 11) is 1.72. The van der Waals surface area contributed by atoms with Crippen LogP contribution in [0.4, 0.5) is 0 Å². The molecule has 0 bridgehead atoms. The van der Waals surface area contributed by atoms with Gasteiger partial charge < -0.3 is 15.0 Å². The summed E-state index contributed by atoms with van der Waals surface area (Å²) < 4.78 is 5.77. The van der Waals surface area contributed by atoms with Crippen LogP contribution in [0.25, 0.3) is 0 Å². The van der Waals surface area contributed by atoms with Crippen LogP contribution in [0.5, 0.6) is 0 Å². The molecule has 0 amide bonds. The molecule has 2 rings (SSSR count). The lowest BCUT2D eigenvalue weighted by atomic mass is 9.79. The summed E-state index contributed by atoms with van der Waals surface area (Å²) in [5, 5.41) is 3.20. The van der Waals surface area contributed by atoms with E-state index in [9.17, 15) is 4.79 Å². The lowest BCUT2D eigenvalue weighted by Crippen LogP contribution is -2.37. The van der Waals surface area contributed by atoms with Gasteiger partial charge in [0.1, 0.15) is 11.4 Å². The van der Waals surface area contributed by atoms with Crippen molar-refractivity contribution in [3.05, 3.63) is 27.9 Å². The van der Waals surface area contributed by atoms with Crippen molar-refractivity contribution in [3.63, 3.8) is 0 Å². The fraction of sp³-hybridized carbons (Fsp3) is 0.733. The normalized spacial score (nSPS) is 26.6. The molecule has 0 spiro atoms. The average Bonchev–Trinajstić information content (AvgIpc) is 2.46. The number of H-pyrrole nitrogens is 1. The summed E-state index contributed by atoms with van der Waals surface area (Å²) in [5.41, 5.74) is 0.257. The number of aromatic nitrogens is 2. The largest absolute Gasteiger partial charge is 0.370 e. The standard InChI is InChI=1S/C15H25N3O2/c1-4-16-10-12-9-13(19)18-14(17-12)15(20-3)7-5-11(2)6-8-15/h9,11,16H,4-8,10H2,1-3H3,(H,17,18,19). The molecule has 5 nitrogen and oxygen atoms in total. The van der Waals surface area contributed by atoms with Gasteiger partial charge in [-0.1, -0.05) is 13.8 Å². The molecular formula is C15H25N3O2. The highest BCUT2D eigenvalue weighted by Crippen LogP contribution is 2.40. The van der Waals surface area contributed by atoms with Crippen molar-refractivity contribution < 1.29 is 4.74 Å². The first-order chi connectivity index (χ1) is 9.59. The Morgan fingerprint density at radius 3 is 2.80 bits per heavy atom. The molecule has 2 N–H and O–H groups in total. The van der Waals surface area contributed by atoms with Crippen molar-refractivity contribution in [1.29, 1.82) is 0 Å². The number of nitrogens with one attached hydrogen (secondary N) is 2. The number of nitrogens with zero attached hydrogens (tertiary/aromatic N) is 1. The summed E-state index contributed by atoms with van der Waals surface area (Å²) in [6.07, 6.45) is 4.04. The van der Waals surface area contributed by atoms with Gasteiger partial charge in [-0.15, -0.1) is 0 Å². The third-order valence-electron chi connectivity index (χ3n) is 4.26. The van der Waals surface area contributed by atoms with Crippen LogP contribution >= 0.6 is 0 Å². The second-order valence-corrected chi connectivity index (χ2v) is 5.75. The molecule has 0 unspecified atom stereocenters. The minimum absolute atomic E-state index is 0.0991. The van der Waals surface area contributed by atoms with Crippen molar-refractivity contribution in [3.8, 4) is 0 Å². The summed E-state index contributed by atoms with van der Waals surface area (Å²) in [4.78, 5) is 19.4. The average molecular weight is 279 g/mol. The third-order valence-corrected chi connectivity index (χ3v) is 4.26. The Hall–Kier alpha value is -1.20. The van der Waals surface area contributed by atoms with Crippen LogP contribution in [0.1, 0.15) is 51.0 Å². The molecule has 5 heteroatoms. The zero-order chi connectivity index (χ0) is 14.6. The maximum Gasteiger partial charge on any atom is 0.251 e. The highest BCUT2D eigenvalue weighted by atomic mass is 16.5. The Bertz CT molecular complexity index is 490. The number of aromatic amines is 1. The van der Waals surface area contributed by atoms with E-state index in [1.165, 1.54) is 0 Å². The van der Waals surface area contributed by atoms with Crippen LogP contribution in [-0.2, 0) is 16.9 Å². The first kappa shape index (κ1) is 15.2. The molecule has 1 aliphatic carbocycles. The van der Waals surface area contributed by atoms with Gasteiger partial charge in [-0.3, -0.25) is 4.79 Å². The summed E-state index contributed by atoms with van der Waals surface area (Å²) in [5.74, 6) is 1.40. The van der Waals surface area contributed by atoms with Gasteiger partial charge in [0.2, 0.25) is 0 Å². The Balaban J connectivity index is 2.29. The van der Waals surface area contributed by atoms with Crippen molar-refractivity contribution in [2.24, 2.45) is 5.92 Å². The van der Waals surface area contributed by atoms with Crippen LogP contribution in [0, 0.1) is 5.92 Å². The van der Waals surface area contributed by atoms with Gasteiger partial charge in [-0.05, 0) is 38.1 Å². The highest BCUT2D eigenvalue weighted by molar-refractivity contribution is 5.10. The minimum atomic E-state index is -0.423. The Morgan fingerprint density at radius 2 is 2.20 bits per heavy atom. The molecule has 1 aromatic rings. The van der Waals surface area contributed by atoms with Crippen LogP contribution in [0.15, 0.2) is 10.9 Å². The molecule has 1 aromatic heterocycles. The van der Waals surface area contributed by atoms with Crippen LogP contribution in [0.3, 0.4) is 0 Å². The molecule has 0 atom stereocenters. The van der Waals surface area contributed by atoms with Gasteiger partial charge in [0.15, 0.2) is 0 Å². The Morgan fingerprint density at radius 1 is 1.50 bits per heavy atom. The van der Waals surface area contributed by atoms with Crippen molar-refractivity contribution >= 4 is 0 Å². The Kier molecular flexibility index (Phi) is 4.94. The molecule has 1 aliphatic rings. The quantitative estimate of drug-likeness (QED) is 0.864. The summed E-state index contributed by atoms with van der Waals surface area (Å²) in [6.45, 7) is 5.77. The van der Waals surface area contributed by atoms with Gasteiger partial charge in [-0.25, -0.2) is 4.98 Å². The molecule has 1 fully saturated rings. The second-order valence-electron chi connectivity index (χ2n) is 5.75. The maximum atomic E-state index is 11.9. The predicted octanol–water partition coefficient (Wildman–Crippen LogP) is 1.93. The molecule has 112 valence electrons. The van der Waals surface area contributed by atoms with Crippen molar-refractivity contribution in [1.82, 2.24) is 15.3 Å². The zero-order valence-corrected chi connectivity index (χ0v) is 12.7. The maximum absolute atomic E-state index is 11.9. The van der Waals surface area contributed by atoms with E-state index in [1.54, 1.807) is 13.2 Å². The fourth-order valence-corrected chi connectivity index (χ4v) is 2.83. The molecule has 0 aliphatic heterocycles. The van der Waals surface area contributed by atoms with E-state index in [4.69, 9.17) is 4.74 Å². The van der Waals surface area contributed by atoms with Crippen LogP contribution in [0.2, 0.25) is 0 Å². The molecule has 0 radical (unpaired) electrons. The zero-order valence-electron chi connectivity index (χ0n) is 12.7. The molecule has 1 heterocycles. The predicted molar refractivity (Wildman–Crippen MR) is 78.6 cm³/mol. The van der Waals surface area contributed by atoms with Gasteiger partial charge in [0, 0.05) is 19.7 Å². The first-order valence-electron chi connectivity index (χ1n) is 7.46. The lowest BCUT2D eigenvalue weighted by Gasteiger charge is -2.37.